The number of aromatic nitrogens is 2. The number of nitrogens with zero attached hydrogens (tertiary/aromatic N) is 2. The zero-order valence-electron chi connectivity index (χ0n) is 15.6. The Labute approximate surface area is 153 Å². The van der Waals surface area contributed by atoms with Crippen LogP contribution in [0, 0.1) is 20.8 Å². The number of anilines is 1. The summed E-state index contributed by atoms with van der Waals surface area (Å²) in [7, 11) is -2.28. The predicted octanol–water partition coefficient (Wildman–Crippen LogP) is 1.75. The summed E-state index contributed by atoms with van der Waals surface area (Å²) in [6.45, 7) is 7.82. The van der Waals surface area contributed by atoms with E-state index in [4.69, 9.17) is 4.74 Å². The van der Waals surface area contributed by atoms with Gasteiger partial charge in [-0.15, -0.1) is 0 Å². The minimum atomic E-state index is -3.73. The number of methoxy groups -OCH3 is 1. The van der Waals surface area contributed by atoms with Crippen LogP contribution in [-0.4, -0.2) is 37.8 Å². The number of rotatable bonds is 7. The van der Waals surface area contributed by atoms with Crippen molar-refractivity contribution in [3.63, 3.8) is 0 Å². The molecule has 0 fully saturated rings. The number of carbonyl (C=O) groups is 1. The molecule has 0 aliphatic rings. The molecule has 26 heavy (non-hydrogen) atoms. The van der Waals surface area contributed by atoms with E-state index < -0.39 is 10.0 Å². The summed E-state index contributed by atoms with van der Waals surface area (Å²) in [5, 5.41) is 6.95. The molecule has 0 aliphatic heterocycles. The van der Waals surface area contributed by atoms with E-state index in [1.165, 1.54) is 32.2 Å². The quantitative estimate of drug-likeness (QED) is 0.762. The first kappa shape index (κ1) is 19.9. The number of carbonyl (C=O) groups excluding carboxylic acids is 1. The monoisotopic (exact) mass is 380 g/mol. The van der Waals surface area contributed by atoms with Gasteiger partial charge in [0, 0.05) is 19.2 Å². The molecule has 142 valence electrons. The Kier molecular flexibility index (Phi) is 6.04. The van der Waals surface area contributed by atoms with Gasteiger partial charge in [-0.2, -0.15) is 5.10 Å². The first-order chi connectivity index (χ1) is 12.2. The summed E-state index contributed by atoms with van der Waals surface area (Å²) >= 11 is 0. The molecule has 2 rings (SSSR count). The lowest BCUT2D eigenvalue weighted by Gasteiger charge is -2.12. The van der Waals surface area contributed by atoms with Crippen molar-refractivity contribution in [1.29, 1.82) is 0 Å². The van der Waals surface area contributed by atoms with E-state index in [2.05, 4.69) is 15.1 Å². The minimum Gasteiger partial charge on any atom is -0.495 e. The fourth-order valence-electron chi connectivity index (χ4n) is 2.51. The van der Waals surface area contributed by atoms with Crippen LogP contribution >= 0.6 is 0 Å². The lowest BCUT2D eigenvalue weighted by Crippen LogP contribution is -2.28. The van der Waals surface area contributed by atoms with E-state index in [1.54, 1.807) is 4.68 Å². The van der Waals surface area contributed by atoms with Gasteiger partial charge in [0.05, 0.1) is 29.9 Å². The van der Waals surface area contributed by atoms with Gasteiger partial charge < -0.3 is 10.1 Å². The van der Waals surface area contributed by atoms with Gasteiger partial charge >= 0.3 is 0 Å². The van der Waals surface area contributed by atoms with Gasteiger partial charge in [0.1, 0.15) is 5.75 Å². The fraction of sp³-hybridized carbons (Fsp3) is 0.412. The van der Waals surface area contributed by atoms with E-state index in [-0.39, 0.29) is 17.3 Å². The van der Waals surface area contributed by atoms with Crippen LogP contribution in [0.25, 0.3) is 0 Å². The summed E-state index contributed by atoms with van der Waals surface area (Å²) in [5.74, 6) is 0.0722. The molecule has 9 heteroatoms. The van der Waals surface area contributed by atoms with Crippen molar-refractivity contribution in [2.75, 3.05) is 19.0 Å². The van der Waals surface area contributed by atoms with Gasteiger partial charge in [0.25, 0.3) is 0 Å². The van der Waals surface area contributed by atoms with Crippen LogP contribution in [0.2, 0.25) is 0 Å². The number of amides is 1. The summed E-state index contributed by atoms with van der Waals surface area (Å²) in [6, 6.07) is 4.31. The summed E-state index contributed by atoms with van der Waals surface area (Å²) < 4.78 is 34.5. The third-order valence-electron chi connectivity index (χ3n) is 4.15. The minimum absolute atomic E-state index is 0.0478. The Morgan fingerprint density at radius 2 is 1.96 bits per heavy atom. The number of nitrogens with one attached hydrogen (secondary N) is 2. The highest BCUT2D eigenvalue weighted by Gasteiger charge is 2.17. The highest BCUT2D eigenvalue weighted by atomic mass is 32.2. The second-order valence-corrected chi connectivity index (χ2v) is 7.73. The smallest absolute Gasteiger partial charge is 0.240 e. The average molecular weight is 380 g/mol. The van der Waals surface area contributed by atoms with Crippen LogP contribution < -0.4 is 14.8 Å². The molecular weight excluding hydrogens is 356 g/mol. The highest BCUT2D eigenvalue weighted by molar-refractivity contribution is 7.89. The molecule has 0 unspecified atom stereocenters. The lowest BCUT2D eigenvalue weighted by atomic mass is 10.2. The van der Waals surface area contributed by atoms with E-state index in [9.17, 15) is 13.2 Å². The van der Waals surface area contributed by atoms with Crippen LogP contribution in [0.1, 0.15) is 23.9 Å². The second kappa shape index (κ2) is 7.88. The number of hydrogen-bond donors (Lipinski definition) is 2. The molecular formula is C17H24N4O4S. The van der Waals surface area contributed by atoms with Gasteiger partial charge in [0.2, 0.25) is 15.9 Å². The summed E-state index contributed by atoms with van der Waals surface area (Å²) in [5.41, 5.74) is 3.35. The molecule has 1 aromatic carbocycles. The largest absolute Gasteiger partial charge is 0.495 e. The molecule has 1 amide bonds. The fourth-order valence-corrected chi connectivity index (χ4v) is 3.56. The molecule has 0 spiro atoms. The van der Waals surface area contributed by atoms with E-state index in [0.29, 0.717) is 18.0 Å². The van der Waals surface area contributed by atoms with Gasteiger partial charge in [-0.25, -0.2) is 13.1 Å². The zero-order chi connectivity index (χ0) is 19.5. The van der Waals surface area contributed by atoms with Gasteiger partial charge in [-0.3, -0.25) is 9.48 Å². The van der Waals surface area contributed by atoms with Crippen molar-refractivity contribution in [3.05, 3.63) is 35.2 Å². The normalized spacial score (nSPS) is 11.4. The third-order valence-corrected chi connectivity index (χ3v) is 5.61. The molecule has 0 bridgehead atoms. The van der Waals surface area contributed by atoms with Crippen LogP contribution in [0.4, 0.5) is 5.69 Å². The molecule has 8 nitrogen and oxygen atoms in total. The molecule has 2 aromatic rings. The Balaban J connectivity index is 2.14. The number of ether oxygens (including phenoxy) is 1. The van der Waals surface area contributed by atoms with Crippen molar-refractivity contribution in [3.8, 4) is 5.75 Å². The first-order valence-electron chi connectivity index (χ1n) is 8.11. The number of aryl methyl sites for hydroxylation is 1. The third kappa shape index (κ3) is 4.41. The zero-order valence-corrected chi connectivity index (χ0v) is 16.4. The van der Waals surface area contributed by atoms with Crippen molar-refractivity contribution < 1.29 is 17.9 Å². The van der Waals surface area contributed by atoms with Gasteiger partial charge in [-0.1, -0.05) is 0 Å². The molecule has 0 radical (unpaired) electrons. The number of hydrogen-bond acceptors (Lipinski definition) is 5. The van der Waals surface area contributed by atoms with Crippen LogP contribution in [0.5, 0.6) is 5.75 Å². The van der Waals surface area contributed by atoms with Crippen molar-refractivity contribution in [1.82, 2.24) is 14.5 Å². The summed E-state index contributed by atoms with van der Waals surface area (Å²) in [6.07, 6.45) is 0. The highest BCUT2D eigenvalue weighted by Crippen LogP contribution is 2.27. The molecule has 0 aliphatic carbocycles. The second-order valence-electron chi connectivity index (χ2n) is 5.96. The van der Waals surface area contributed by atoms with Crippen LogP contribution in [0.15, 0.2) is 23.1 Å². The molecule has 1 aromatic heterocycles. The van der Waals surface area contributed by atoms with Crippen molar-refractivity contribution in [2.45, 2.75) is 39.1 Å². The molecule has 0 saturated carbocycles. The standard InChI is InChI=1S/C17H24N4O4S/c1-11-12(2)20-21(13(11)3)9-8-18-26(23,24)15-6-7-17(25-5)16(10-15)19-14(4)22/h6-7,10,18H,8-9H2,1-5H3,(H,19,22). The Morgan fingerprint density at radius 3 is 2.50 bits per heavy atom. The molecule has 0 saturated heterocycles. The van der Waals surface area contributed by atoms with Crippen molar-refractivity contribution in [2.24, 2.45) is 0 Å². The predicted molar refractivity (Wildman–Crippen MR) is 98.9 cm³/mol. The van der Waals surface area contributed by atoms with E-state index in [0.717, 1.165) is 17.0 Å². The summed E-state index contributed by atoms with van der Waals surface area (Å²) in [4.78, 5) is 11.3. The van der Waals surface area contributed by atoms with Gasteiger partial charge in [0.15, 0.2) is 0 Å². The SMILES string of the molecule is COc1ccc(S(=O)(=O)NCCn2nc(C)c(C)c2C)cc1NC(C)=O. The van der Waals surface area contributed by atoms with E-state index >= 15 is 0 Å². The topological polar surface area (TPSA) is 102 Å². The molecule has 2 N–H and O–H groups in total. The maximum Gasteiger partial charge on any atom is 0.240 e. The Morgan fingerprint density at radius 1 is 1.27 bits per heavy atom. The average Bonchev–Trinajstić information content (AvgIpc) is 2.81. The molecule has 0 atom stereocenters. The first-order valence-corrected chi connectivity index (χ1v) is 9.60. The lowest BCUT2D eigenvalue weighted by molar-refractivity contribution is -0.114. The van der Waals surface area contributed by atoms with Crippen LogP contribution in [-0.2, 0) is 21.4 Å². The molecule has 1 heterocycles. The van der Waals surface area contributed by atoms with Crippen molar-refractivity contribution >= 4 is 21.6 Å². The maximum absolute atomic E-state index is 12.5. The number of benzene rings is 1. The Hall–Kier alpha value is -2.39. The Bertz CT molecular complexity index is 919. The van der Waals surface area contributed by atoms with Crippen LogP contribution in [0.3, 0.4) is 0 Å². The maximum atomic E-state index is 12.5. The van der Waals surface area contributed by atoms with E-state index in [1.807, 2.05) is 20.8 Å². The van der Waals surface area contributed by atoms with Gasteiger partial charge in [-0.05, 0) is 44.5 Å². The number of sulfonamides is 1.